The summed E-state index contributed by atoms with van der Waals surface area (Å²) in [4.78, 5) is 18.1. The molecule has 0 spiro atoms. The fourth-order valence-electron chi connectivity index (χ4n) is 0.759. The Balaban J connectivity index is 3.22. The first-order valence-corrected chi connectivity index (χ1v) is 3.10. The molecule has 1 aromatic carbocycles. The number of phenols is 1. The minimum Gasteiger partial charge on any atom is -0.507 e. The minimum absolute atomic E-state index is 0.0317. The first-order valence-electron chi connectivity index (χ1n) is 3.10. The topological polar surface area (TPSA) is 84.8 Å². The molecule has 0 radical (unpaired) electrons. The molecule has 1 aromatic rings. The second-order valence-corrected chi connectivity index (χ2v) is 2.13. The van der Waals surface area contributed by atoms with Crippen molar-refractivity contribution in [2.45, 2.75) is 0 Å². The summed E-state index contributed by atoms with van der Waals surface area (Å²) >= 11 is 0. The number of carbonyl (C=O) groups excluding carboxylic acids is 1. The Morgan fingerprint density at radius 2 is 2.25 bits per heavy atom. The lowest BCUT2D eigenvalue weighted by Crippen LogP contribution is -1.90. The smallest absolute Gasteiger partial charge is 0.316 e. The summed E-state index contributed by atoms with van der Waals surface area (Å²) in [6.07, 6.45) is 0.613. The van der Waals surface area contributed by atoms with Gasteiger partial charge in [-0.05, 0) is 6.07 Å². The van der Waals surface area contributed by atoms with Crippen molar-refractivity contribution in [1.82, 2.24) is 0 Å². The highest BCUT2D eigenvalue weighted by atomic mass is 16.6. The molecule has 0 aliphatic carbocycles. The highest BCUT2D eigenvalue weighted by molar-refractivity contribution is 5.80. The van der Waals surface area contributed by atoms with Gasteiger partial charge in [0.1, 0.15) is 11.3 Å². The van der Waals surface area contributed by atoms with Crippen LogP contribution in [0.15, 0.2) is 18.2 Å². The molecule has 0 amide bonds. The summed E-state index contributed by atoms with van der Waals surface area (Å²) in [6, 6.07) is 3.39. The number of phenolic OH excluding ortho intramolecular Hbond substituents is 1. The van der Waals surface area contributed by atoms with Crippen molar-refractivity contribution < 1.29 is 14.8 Å². The van der Waals surface area contributed by atoms with Crippen LogP contribution in [0.2, 0.25) is 0 Å². The van der Waals surface area contributed by atoms with Crippen LogP contribution in [0.4, 0.5) is 5.69 Å². The Morgan fingerprint density at radius 1 is 1.58 bits per heavy atom. The van der Waals surface area contributed by atoms with Crippen LogP contribution in [0.1, 0.15) is 5.56 Å². The lowest BCUT2D eigenvalue weighted by Gasteiger charge is -1.93. The van der Waals surface area contributed by atoms with E-state index in [2.05, 4.69) is 0 Å². The zero-order valence-corrected chi connectivity index (χ0v) is 5.97. The number of nitrogens with zero attached hydrogens (tertiary/aromatic N) is 1. The zero-order valence-electron chi connectivity index (χ0n) is 5.97. The van der Waals surface area contributed by atoms with Crippen LogP contribution in [0.25, 0.3) is 0 Å². The molecule has 62 valence electrons. The van der Waals surface area contributed by atoms with E-state index in [-0.39, 0.29) is 17.0 Å². The second kappa shape index (κ2) is 3.00. The standard InChI is InChI=1S/C7H5NO4/c9-4-5-3-6(8(11)12)1-2-7(5)10/h1-4,10H/p+1. The van der Waals surface area contributed by atoms with Crippen LogP contribution in [-0.2, 0) is 0 Å². The lowest BCUT2D eigenvalue weighted by molar-refractivity contribution is -0.384. The lowest BCUT2D eigenvalue weighted by atomic mass is 10.2. The third kappa shape index (κ3) is 1.39. The molecular weight excluding hydrogens is 162 g/mol. The van der Waals surface area contributed by atoms with Crippen molar-refractivity contribution in [2.24, 2.45) is 0 Å². The molecule has 5 heteroatoms. The van der Waals surface area contributed by atoms with Gasteiger partial charge in [0.05, 0.1) is 4.92 Å². The average Bonchev–Trinajstić information content (AvgIpc) is 2.05. The summed E-state index contributed by atoms with van der Waals surface area (Å²) in [5.41, 5.74) is -0.141. The molecule has 12 heavy (non-hydrogen) atoms. The van der Waals surface area contributed by atoms with Crippen molar-refractivity contribution in [3.63, 3.8) is 0 Å². The van der Waals surface area contributed by atoms with E-state index in [0.717, 1.165) is 18.2 Å². The molecule has 0 aliphatic rings. The van der Waals surface area contributed by atoms with Gasteiger partial charge in [-0.2, -0.15) is 0 Å². The Labute approximate surface area is 67.4 Å². The number of benzene rings is 1. The number of aldehydes is 1. The van der Waals surface area contributed by atoms with Crippen LogP contribution in [-0.4, -0.2) is 21.1 Å². The van der Waals surface area contributed by atoms with E-state index >= 15 is 0 Å². The number of hydrogen-bond acceptors (Lipinski definition) is 3. The van der Waals surface area contributed by atoms with Gasteiger partial charge in [0, 0.05) is 12.1 Å². The van der Waals surface area contributed by atoms with Crippen molar-refractivity contribution in [1.29, 1.82) is 0 Å². The molecule has 0 heterocycles. The molecule has 0 fully saturated rings. The first-order chi connectivity index (χ1) is 5.65. The SMILES string of the molecule is O=[N+]([O-])c1ccc(O)c(C=[OH+])c1. The maximum atomic E-state index is 10.2. The number of aromatic hydroxyl groups is 1. The van der Waals surface area contributed by atoms with Gasteiger partial charge in [0.15, 0.2) is 0 Å². The van der Waals surface area contributed by atoms with Crippen LogP contribution >= 0.6 is 0 Å². The number of nitro groups is 1. The molecule has 0 aromatic heterocycles. The minimum atomic E-state index is -0.605. The van der Waals surface area contributed by atoms with E-state index in [1.807, 2.05) is 0 Å². The largest absolute Gasteiger partial charge is 0.507 e. The van der Waals surface area contributed by atoms with Crippen molar-refractivity contribution in [3.8, 4) is 5.75 Å². The zero-order chi connectivity index (χ0) is 9.14. The summed E-state index contributed by atoms with van der Waals surface area (Å²) < 4.78 is 0. The molecule has 1 rings (SSSR count). The van der Waals surface area contributed by atoms with Gasteiger partial charge in [-0.1, -0.05) is 0 Å². The van der Waals surface area contributed by atoms with E-state index in [1.165, 1.54) is 0 Å². The summed E-state index contributed by atoms with van der Waals surface area (Å²) in [7, 11) is 0. The second-order valence-electron chi connectivity index (χ2n) is 2.13. The molecule has 0 unspecified atom stereocenters. The van der Waals surface area contributed by atoms with Crippen molar-refractivity contribution >= 4 is 12.0 Å². The fraction of sp³-hybridized carbons (Fsp3) is 0. The molecule has 0 saturated heterocycles. The third-order valence-electron chi connectivity index (χ3n) is 1.36. The maximum Gasteiger partial charge on any atom is 0.316 e. The monoisotopic (exact) mass is 168 g/mol. The average molecular weight is 168 g/mol. The third-order valence-corrected chi connectivity index (χ3v) is 1.36. The van der Waals surface area contributed by atoms with E-state index in [4.69, 9.17) is 9.90 Å². The van der Waals surface area contributed by atoms with E-state index in [0.29, 0.717) is 6.29 Å². The molecule has 0 bridgehead atoms. The Hall–Kier alpha value is -1.91. The highest BCUT2D eigenvalue weighted by Gasteiger charge is 2.10. The van der Waals surface area contributed by atoms with Gasteiger partial charge in [-0.25, -0.2) is 0 Å². The van der Waals surface area contributed by atoms with E-state index < -0.39 is 4.92 Å². The van der Waals surface area contributed by atoms with Crippen molar-refractivity contribution in [3.05, 3.63) is 33.9 Å². The van der Waals surface area contributed by atoms with E-state index in [1.54, 1.807) is 0 Å². The summed E-state index contributed by atoms with van der Waals surface area (Å²) in [5, 5.41) is 19.2. The van der Waals surface area contributed by atoms with E-state index in [9.17, 15) is 10.1 Å². The van der Waals surface area contributed by atoms with Crippen LogP contribution in [0.5, 0.6) is 5.75 Å². The molecule has 0 aliphatic heterocycles. The summed E-state index contributed by atoms with van der Waals surface area (Å²) in [6.45, 7) is 0. The predicted molar refractivity (Wildman–Crippen MR) is 41.9 cm³/mol. The Bertz CT molecular complexity index is 334. The molecule has 5 nitrogen and oxygen atoms in total. The van der Waals surface area contributed by atoms with Crippen molar-refractivity contribution in [2.75, 3.05) is 0 Å². The van der Waals surface area contributed by atoms with Gasteiger partial charge in [0.25, 0.3) is 5.69 Å². The Morgan fingerprint density at radius 3 is 2.75 bits per heavy atom. The number of non-ortho nitro benzene ring substituents is 1. The van der Waals surface area contributed by atoms with Gasteiger partial charge >= 0.3 is 6.29 Å². The number of nitro benzene ring substituents is 1. The van der Waals surface area contributed by atoms with Gasteiger partial charge in [-0.3, -0.25) is 14.9 Å². The van der Waals surface area contributed by atoms with Gasteiger partial charge in [0.2, 0.25) is 0 Å². The van der Waals surface area contributed by atoms with Gasteiger partial charge < -0.3 is 5.11 Å². The maximum absolute atomic E-state index is 10.2. The van der Waals surface area contributed by atoms with Crippen LogP contribution in [0, 0.1) is 10.1 Å². The van der Waals surface area contributed by atoms with Crippen LogP contribution < -0.4 is 0 Å². The van der Waals surface area contributed by atoms with Gasteiger partial charge in [-0.15, -0.1) is 0 Å². The first kappa shape index (κ1) is 8.19. The number of rotatable bonds is 2. The molecular formula is C7H6NO4+. The van der Waals surface area contributed by atoms with Crippen LogP contribution in [0.3, 0.4) is 0 Å². The predicted octanol–water partition coefficient (Wildman–Crippen LogP) is 0.823. The number of hydrogen-bond donors (Lipinski definition) is 1. The Kier molecular flexibility index (Phi) is 2.05. The quantitative estimate of drug-likeness (QED) is 0.307. The molecule has 0 atom stereocenters. The normalized spacial score (nSPS) is 9.33. The highest BCUT2D eigenvalue weighted by Crippen LogP contribution is 2.20. The molecule has 2 N–H and O–H groups in total. The fourth-order valence-corrected chi connectivity index (χ4v) is 0.759. The molecule has 0 saturated carbocycles. The summed E-state index contributed by atoms with van der Waals surface area (Å²) in [5.74, 6) is -0.192.